The predicted molar refractivity (Wildman–Crippen MR) is 62.9 cm³/mol. The van der Waals surface area contributed by atoms with Crippen molar-refractivity contribution in [2.75, 3.05) is 0 Å². The minimum atomic E-state index is 0.326. The molecule has 0 aromatic carbocycles. The van der Waals surface area contributed by atoms with E-state index in [1.807, 2.05) is 0 Å². The first kappa shape index (κ1) is 9.67. The van der Waals surface area contributed by atoms with Crippen molar-refractivity contribution in [1.29, 1.82) is 0 Å². The number of carbonyl (C=O) groups is 1. The van der Waals surface area contributed by atoms with Crippen LogP contribution in [0, 0.1) is 34.0 Å². The van der Waals surface area contributed by atoms with Crippen molar-refractivity contribution in [3.05, 3.63) is 0 Å². The van der Waals surface area contributed by atoms with Crippen molar-refractivity contribution in [2.24, 2.45) is 34.0 Å². The molecule has 16 heavy (non-hydrogen) atoms. The molecule has 5 aliphatic carbocycles. The molecule has 0 amide bonds. The lowest BCUT2D eigenvalue weighted by molar-refractivity contribution is -0.150. The maximum atomic E-state index is 12.0. The highest BCUT2D eigenvalue weighted by Gasteiger charge is 2.79. The van der Waals surface area contributed by atoms with Crippen molar-refractivity contribution in [2.45, 2.75) is 52.9 Å². The van der Waals surface area contributed by atoms with Crippen LogP contribution in [-0.4, -0.2) is 5.78 Å². The van der Waals surface area contributed by atoms with E-state index in [0.29, 0.717) is 27.9 Å². The van der Waals surface area contributed by atoms with E-state index in [4.69, 9.17) is 0 Å². The molecule has 0 saturated heterocycles. The van der Waals surface area contributed by atoms with E-state index in [1.54, 1.807) is 0 Å². The van der Waals surface area contributed by atoms with Crippen LogP contribution in [-0.2, 0) is 4.79 Å². The molecule has 0 aromatic rings. The average Bonchev–Trinajstić information content (AvgIpc) is 2.66. The Morgan fingerprint density at radius 2 is 1.88 bits per heavy atom. The number of ketones is 1. The summed E-state index contributed by atoms with van der Waals surface area (Å²) in [6, 6.07) is 0. The van der Waals surface area contributed by atoms with Crippen LogP contribution in [0.1, 0.15) is 52.9 Å². The van der Waals surface area contributed by atoms with Gasteiger partial charge in [0.2, 0.25) is 0 Å². The number of hydrogen-bond donors (Lipinski definition) is 0. The molecule has 5 fully saturated rings. The summed E-state index contributed by atoms with van der Waals surface area (Å²) < 4.78 is 0. The van der Waals surface area contributed by atoms with Gasteiger partial charge in [-0.2, -0.15) is 0 Å². The molecule has 0 aromatic heterocycles. The molecule has 5 rings (SSSR count). The second-order valence-corrected chi connectivity index (χ2v) is 7.69. The summed E-state index contributed by atoms with van der Waals surface area (Å²) in [5, 5.41) is 0. The molecule has 0 N–H and O–H groups in total. The molecular formula is C15H22O. The summed E-state index contributed by atoms with van der Waals surface area (Å²) in [4.78, 5) is 12.0. The van der Waals surface area contributed by atoms with Gasteiger partial charge >= 0.3 is 0 Å². The Morgan fingerprint density at radius 3 is 2.50 bits per heavy atom. The van der Waals surface area contributed by atoms with Gasteiger partial charge in [-0.1, -0.05) is 20.8 Å². The molecule has 88 valence electrons. The maximum Gasteiger partial charge on any atom is 0.136 e. The van der Waals surface area contributed by atoms with E-state index in [9.17, 15) is 4.79 Å². The van der Waals surface area contributed by atoms with Crippen molar-refractivity contribution >= 4 is 5.78 Å². The Balaban J connectivity index is 1.82. The van der Waals surface area contributed by atoms with E-state index < -0.39 is 0 Å². The highest BCUT2D eigenvalue weighted by atomic mass is 16.1. The normalized spacial score (nSPS) is 66.7. The minimum absolute atomic E-state index is 0.326. The van der Waals surface area contributed by atoms with Gasteiger partial charge in [-0.05, 0) is 53.8 Å². The second kappa shape index (κ2) is 2.28. The number of hydrogen-bond acceptors (Lipinski definition) is 1. The van der Waals surface area contributed by atoms with E-state index in [2.05, 4.69) is 20.8 Å². The number of Topliss-reactive ketones (excluding diaryl/α,β-unsaturated/α-hetero) is 1. The highest BCUT2D eigenvalue weighted by molar-refractivity contribution is 5.83. The van der Waals surface area contributed by atoms with Gasteiger partial charge in [-0.25, -0.2) is 0 Å². The molecule has 6 atom stereocenters. The first-order chi connectivity index (χ1) is 7.43. The Morgan fingerprint density at radius 1 is 1.19 bits per heavy atom. The molecule has 1 spiro atoms. The van der Waals surface area contributed by atoms with E-state index in [0.717, 1.165) is 18.3 Å². The van der Waals surface area contributed by atoms with Gasteiger partial charge in [0.15, 0.2) is 0 Å². The second-order valence-electron chi connectivity index (χ2n) is 7.69. The van der Waals surface area contributed by atoms with Gasteiger partial charge < -0.3 is 0 Å². The highest BCUT2D eigenvalue weighted by Crippen LogP contribution is 2.85. The fourth-order valence-electron chi connectivity index (χ4n) is 6.15. The molecule has 0 radical (unpaired) electrons. The van der Waals surface area contributed by atoms with Crippen LogP contribution in [0.15, 0.2) is 0 Å². The zero-order valence-electron chi connectivity index (χ0n) is 10.7. The Labute approximate surface area is 98.0 Å². The molecule has 5 aliphatic rings. The van der Waals surface area contributed by atoms with Crippen molar-refractivity contribution in [3.8, 4) is 0 Å². The van der Waals surface area contributed by atoms with Gasteiger partial charge in [-0.3, -0.25) is 4.79 Å². The Bertz CT molecular complexity index is 400. The third-order valence-corrected chi connectivity index (χ3v) is 7.54. The summed E-state index contributed by atoms with van der Waals surface area (Å²) in [7, 11) is 0. The third-order valence-electron chi connectivity index (χ3n) is 7.54. The van der Waals surface area contributed by atoms with Gasteiger partial charge in [0.1, 0.15) is 5.78 Å². The summed E-state index contributed by atoms with van der Waals surface area (Å²) in [5.74, 6) is 2.86. The van der Waals surface area contributed by atoms with E-state index in [-0.39, 0.29) is 0 Å². The molecule has 4 bridgehead atoms. The SMILES string of the molecule is C[C@@H]1C(=O)CC[C@]23C[C@@H]4[C@H](C[C@@]12C)[C@]4(C)C3. The van der Waals surface area contributed by atoms with Crippen LogP contribution in [0.4, 0.5) is 0 Å². The minimum Gasteiger partial charge on any atom is -0.299 e. The summed E-state index contributed by atoms with van der Waals surface area (Å²) in [5.41, 5.74) is 1.59. The number of carbonyl (C=O) groups excluding carboxylic acids is 1. The zero-order valence-corrected chi connectivity index (χ0v) is 10.7. The van der Waals surface area contributed by atoms with Crippen LogP contribution in [0.5, 0.6) is 0 Å². The topological polar surface area (TPSA) is 17.1 Å². The Kier molecular flexibility index (Phi) is 1.38. The fraction of sp³-hybridized carbons (Fsp3) is 0.933. The van der Waals surface area contributed by atoms with E-state index in [1.165, 1.54) is 25.7 Å². The Hall–Kier alpha value is -0.330. The molecule has 0 heterocycles. The van der Waals surface area contributed by atoms with E-state index >= 15 is 0 Å². The molecule has 0 aliphatic heterocycles. The standard InChI is InChI=1S/C15H22O/c1-9-12(16)4-5-15-7-11-10(6-14(9,15)3)13(11,2)8-15/h9-11H,4-8H2,1-3H3/t9-,10+,11-,13+,14+,15-/m1/s1. The first-order valence-corrected chi connectivity index (χ1v) is 6.96. The average molecular weight is 218 g/mol. The van der Waals surface area contributed by atoms with Gasteiger partial charge in [0.05, 0.1) is 0 Å². The summed E-state index contributed by atoms with van der Waals surface area (Å²) in [6.07, 6.45) is 6.29. The van der Waals surface area contributed by atoms with Crippen molar-refractivity contribution in [3.63, 3.8) is 0 Å². The smallest absolute Gasteiger partial charge is 0.136 e. The summed E-state index contributed by atoms with van der Waals surface area (Å²) in [6.45, 7) is 7.15. The summed E-state index contributed by atoms with van der Waals surface area (Å²) >= 11 is 0. The van der Waals surface area contributed by atoms with Crippen molar-refractivity contribution in [1.82, 2.24) is 0 Å². The quantitative estimate of drug-likeness (QED) is 0.609. The third kappa shape index (κ3) is 0.734. The van der Waals surface area contributed by atoms with Gasteiger partial charge in [-0.15, -0.1) is 0 Å². The first-order valence-electron chi connectivity index (χ1n) is 6.96. The lowest BCUT2D eigenvalue weighted by Gasteiger charge is -2.59. The zero-order chi connectivity index (χ0) is 11.3. The lowest BCUT2D eigenvalue weighted by Crippen LogP contribution is -2.54. The van der Waals surface area contributed by atoms with Gasteiger partial charge in [0.25, 0.3) is 0 Å². The largest absolute Gasteiger partial charge is 0.299 e. The molecule has 1 heteroatoms. The predicted octanol–water partition coefficient (Wildman–Crippen LogP) is 3.43. The lowest BCUT2D eigenvalue weighted by atomic mass is 9.45. The van der Waals surface area contributed by atoms with Crippen LogP contribution >= 0.6 is 0 Å². The van der Waals surface area contributed by atoms with Crippen molar-refractivity contribution < 1.29 is 4.79 Å². The molecule has 5 saturated carbocycles. The molecule has 0 unspecified atom stereocenters. The van der Waals surface area contributed by atoms with Gasteiger partial charge in [0, 0.05) is 12.3 Å². The molecular weight excluding hydrogens is 196 g/mol. The maximum absolute atomic E-state index is 12.0. The van der Waals surface area contributed by atoms with Crippen LogP contribution < -0.4 is 0 Å². The fourth-order valence-corrected chi connectivity index (χ4v) is 6.15. The van der Waals surface area contributed by atoms with Crippen LogP contribution in [0.2, 0.25) is 0 Å². The number of rotatable bonds is 0. The monoisotopic (exact) mass is 218 g/mol. The molecule has 1 nitrogen and oxygen atoms in total. The van der Waals surface area contributed by atoms with Crippen LogP contribution in [0.25, 0.3) is 0 Å². The van der Waals surface area contributed by atoms with Crippen LogP contribution in [0.3, 0.4) is 0 Å².